The van der Waals surface area contributed by atoms with Crippen LogP contribution in [0.2, 0.25) is 0 Å². The maximum absolute atomic E-state index is 13.3. The number of amides is 1. The van der Waals surface area contributed by atoms with Gasteiger partial charge in [0.2, 0.25) is 0 Å². The van der Waals surface area contributed by atoms with Crippen molar-refractivity contribution in [1.82, 2.24) is 0 Å². The Labute approximate surface area is 164 Å². The third kappa shape index (κ3) is 4.32. The molecule has 1 amide bonds. The molecule has 3 rings (SSSR count). The first-order chi connectivity index (χ1) is 13.5. The summed E-state index contributed by atoms with van der Waals surface area (Å²) in [7, 11) is 0. The zero-order valence-corrected chi connectivity index (χ0v) is 15.3. The maximum Gasteiger partial charge on any atom is 0.417 e. The monoisotopic (exact) mass is 407 g/mol. The molecule has 1 atom stereocenters. The van der Waals surface area contributed by atoms with Gasteiger partial charge in [0.1, 0.15) is 5.82 Å². The molecule has 0 fully saturated rings. The van der Waals surface area contributed by atoms with Gasteiger partial charge in [0, 0.05) is 17.9 Å². The molecule has 1 aliphatic rings. The van der Waals surface area contributed by atoms with Crippen LogP contribution in [0.1, 0.15) is 23.6 Å². The van der Waals surface area contributed by atoms with Gasteiger partial charge in [0.15, 0.2) is 5.60 Å². The number of nitriles is 1. The minimum Gasteiger partial charge on any atom is -0.378 e. The van der Waals surface area contributed by atoms with Crippen molar-refractivity contribution in [2.45, 2.75) is 25.1 Å². The number of hydrogen-bond donors (Lipinski definition) is 2. The zero-order valence-electron chi connectivity index (χ0n) is 15.3. The van der Waals surface area contributed by atoms with E-state index in [-0.39, 0.29) is 18.0 Å². The Kier molecular flexibility index (Phi) is 5.24. The van der Waals surface area contributed by atoms with E-state index in [1.807, 2.05) is 0 Å². The number of hydrogen-bond acceptors (Lipinski definition) is 4. The van der Waals surface area contributed by atoms with Gasteiger partial charge in [0.05, 0.1) is 23.7 Å². The highest BCUT2D eigenvalue weighted by atomic mass is 19.4. The van der Waals surface area contributed by atoms with Crippen LogP contribution < -0.4 is 10.2 Å². The quantitative estimate of drug-likeness (QED) is 0.761. The third-order valence-electron chi connectivity index (χ3n) is 4.72. The molecule has 5 nitrogen and oxygen atoms in total. The largest absolute Gasteiger partial charge is 0.417 e. The molecule has 0 radical (unpaired) electrons. The summed E-state index contributed by atoms with van der Waals surface area (Å²) in [5.74, 6) is -1.28. The minimum atomic E-state index is -4.76. The van der Waals surface area contributed by atoms with Crippen molar-refractivity contribution in [3.63, 3.8) is 0 Å². The lowest BCUT2D eigenvalue weighted by atomic mass is 10.0. The lowest BCUT2D eigenvalue weighted by molar-refractivity contribution is -0.138. The molecule has 152 valence electrons. The highest BCUT2D eigenvalue weighted by molar-refractivity contribution is 5.97. The smallest absolute Gasteiger partial charge is 0.378 e. The Morgan fingerprint density at radius 3 is 2.66 bits per heavy atom. The second kappa shape index (κ2) is 7.37. The SMILES string of the molecule is C[C@](O)(CN1CCc2cc(F)ccc21)C(=O)Nc1ccc(C#N)c(C(F)(F)F)c1. The summed E-state index contributed by atoms with van der Waals surface area (Å²) in [6.45, 7) is 1.59. The molecule has 0 saturated heterocycles. The van der Waals surface area contributed by atoms with Gasteiger partial charge in [-0.2, -0.15) is 18.4 Å². The number of rotatable bonds is 4. The molecule has 2 N–H and O–H groups in total. The molecule has 2 aromatic rings. The summed E-state index contributed by atoms with van der Waals surface area (Å²) < 4.78 is 52.6. The molecule has 0 unspecified atom stereocenters. The molecule has 9 heteroatoms. The van der Waals surface area contributed by atoms with Crippen LogP contribution in [0, 0.1) is 17.1 Å². The number of aliphatic hydroxyl groups is 1. The number of carbonyl (C=O) groups excluding carboxylic acids is 1. The summed E-state index contributed by atoms with van der Waals surface area (Å²) in [6, 6.07) is 8.46. The van der Waals surface area contributed by atoms with E-state index in [4.69, 9.17) is 5.26 Å². The second-order valence-electron chi connectivity index (χ2n) is 7.04. The fourth-order valence-corrected chi connectivity index (χ4v) is 3.27. The average molecular weight is 407 g/mol. The number of alkyl halides is 3. The van der Waals surface area contributed by atoms with Gasteiger partial charge in [-0.15, -0.1) is 0 Å². The first kappa shape index (κ1) is 20.6. The first-order valence-corrected chi connectivity index (χ1v) is 8.70. The van der Waals surface area contributed by atoms with Gasteiger partial charge < -0.3 is 15.3 Å². The van der Waals surface area contributed by atoms with E-state index < -0.39 is 28.8 Å². The van der Waals surface area contributed by atoms with E-state index in [0.29, 0.717) is 24.7 Å². The summed E-state index contributed by atoms with van der Waals surface area (Å²) in [6.07, 6.45) is -4.21. The minimum absolute atomic E-state index is 0.125. The van der Waals surface area contributed by atoms with Gasteiger partial charge in [-0.05, 0) is 55.3 Å². The van der Waals surface area contributed by atoms with Crippen molar-refractivity contribution >= 4 is 17.3 Å². The van der Waals surface area contributed by atoms with E-state index in [2.05, 4.69) is 5.32 Å². The van der Waals surface area contributed by atoms with Crippen molar-refractivity contribution in [2.24, 2.45) is 0 Å². The summed E-state index contributed by atoms with van der Waals surface area (Å²) in [5.41, 5.74) is -2.41. The molecule has 0 spiro atoms. The van der Waals surface area contributed by atoms with Crippen LogP contribution in [0.3, 0.4) is 0 Å². The normalized spacial score (nSPS) is 15.4. The lowest BCUT2D eigenvalue weighted by Crippen LogP contribution is -2.49. The standard InChI is InChI=1S/C20H17F4N3O2/c1-19(29,11-27-7-6-12-8-14(21)3-5-17(12)27)18(28)26-15-4-2-13(10-25)16(9-15)20(22,23)24/h2-5,8-9,29H,6-7,11H2,1H3,(H,26,28)/t19-/m0/s1. The fourth-order valence-electron chi connectivity index (χ4n) is 3.27. The molecule has 2 aromatic carbocycles. The van der Waals surface area contributed by atoms with Gasteiger partial charge >= 0.3 is 6.18 Å². The number of nitrogens with one attached hydrogen (secondary N) is 1. The number of benzene rings is 2. The van der Waals surface area contributed by atoms with Gasteiger partial charge in [0.25, 0.3) is 5.91 Å². The van der Waals surface area contributed by atoms with Gasteiger partial charge in [-0.3, -0.25) is 4.79 Å². The van der Waals surface area contributed by atoms with E-state index >= 15 is 0 Å². The summed E-state index contributed by atoms with van der Waals surface area (Å²) >= 11 is 0. The molecule has 0 bridgehead atoms. The van der Waals surface area contributed by atoms with Crippen molar-refractivity contribution in [3.05, 3.63) is 58.9 Å². The van der Waals surface area contributed by atoms with E-state index in [1.54, 1.807) is 11.0 Å². The fraction of sp³-hybridized carbons (Fsp3) is 0.300. The Morgan fingerprint density at radius 2 is 2.00 bits per heavy atom. The van der Waals surface area contributed by atoms with Crippen LogP contribution in [0.15, 0.2) is 36.4 Å². The molecule has 1 aliphatic heterocycles. The molecule has 29 heavy (non-hydrogen) atoms. The molecule has 0 saturated carbocycles. The first-order valence-electron chi connectivity index (χ1n) is 8.70. The van der Waals surface area contributed by atoms with E-state index in [0.717, 1.165) is 17.7 Å². The van der Waals surface area contributed by atoms with Crippen LogP contribution in [0.4, 0.5) is 28.9 Å². The van der Waals surface area contributed by atoms with Crippen LogP contribution in [0.25, 0.3) is 0 Å². The second-order valence-corrected chi connectivity index (χ2v) is 7.04. The number of carbonyl (C=O) groups is 1. The van der Waals surface area contributed by atoms with Gasteiger partial charge in [-0.25, -0.2) is 4.39 Å². The summed E-state index contributed by atoms with van der Waals surface area (Å²) in [5, 5.41) is 21.7. The van der Waals surface area contributed by atoms with E-state index in [1.165, 1.54) is 25.1 Å². The van der Waals surface area contributed by atoms with Crippen LogP contribution >= 0.6 is 0 Å². The zero-order chi connectivity index (χ0) is 21.4. The lowest BCUT2D eigenvalue weighted by Gasteiger charge is -2.29. The number of fused-ring (bicyclic) bond motifs is 1. The highest BCUT2D eigenvalue weighted by Gasteiger charge is 2.37. The molecular formula is C20H17F4N3O2. The third-order valence-corrected chi connectivity index (χ3v) is 4.72. The number of halogens is 4. The molecular weight excluding hydrogens is 390 g/mol. The van der Waals surface area contributed by atoms with Gasteiger partial charge in [-0.1, -0.05) is 0 Å². The Bertz CT molecular complexity index is 996. The Morgan fingerprint density at radius 1 is 1.28 bits per heavy atom. The van der Waals surface area contributed by atoms with Crippen molar-refractivity contribution in [2.75, 3.05) is 23.3 Å². The molecule has 0 aromatic heterocycles. The maximum atomic E-state index is 13.3. The Hall–Kier alpha value is -3.12. The number of nitrogens with zero attached hydrogens (tertiary/aromatic N) is 2. The van der Waals surface area contributed by atoms with Crippen molar-refractivity contribution in [3.8, 4) is 6.07 Å². The predicted molar refractivity (Wildman–Crippen MR) is 97.7 cm³/mol. The van der Waals surface area contributed by atoms with Crippen molar-refractivity contribution < 1.29 is 27.5 Å². The number of anilines is 2. The van der Waals surface area contributed by atoms with Crippen LogP contribution in [-0.4, -0.2) is 29.7 Å². The molecule has 0 aliphatic carbocycles. The topological polar surface area (TPSA) is 76.4 Å². The Balaban J connectivity index is 1.76. The van der Waals surface area contributed by atoms with Crippen molar-refractivity contribution in [1.29, 1.82) is 5.26 Å². The van der Waals surface area contributed by atoms with E-state index in [9.17, 15) is 27.5 Å². The van der Waals surface area contributed by atoms with Crippen LogP contribution in [0.5, 0.6) is 0 Å². The summed E-state index contributed by atoms with van der Waals surface area (Å²) in [4.78, 5) is 14.2. The molecule has 1 heterocycles. The highest BCUT2D eigenvalue weighted by Crippen LogP contribution is 2.34. The van der Waals surface area contributed by atoms with Crippen LogP contribution in [-0.2, 0) is 17.4 Å². The average Bonchev–Trinajstić information content (AvgIpc) is 3.02. The predicted octanol–water partition coefficient (Wildman–Crippen LogP) is 3.47. The number of β-amino-alcohol motifs (C(OH)–C–C–N with tert-alkyl or cyclic N) is 1.